The van der Waals surface area contributed by atoms with Crippen LogP contribution >= 0.6 is 68.4 Å². The minimum absolute atomic E-state index is 0.997. The van der Waals surface area contributed by atoms with Gasteiger partial charge in [-0.05, 0) is 24.3 Å². The summed E-state index contributed by atoms with van der Waals surface area (Å²) in [5, 5.41) is 0. The van der Waals surface area contributed by atoms with Crippen LogP contribution in [-0.2, 0) is 0 Å². The normalized spacial score (nSPS) is 10.7. The van der Waals surface area contributed by atoms with E-state index in [9.17, 15) is 0 Å². The first-order valence-corrected chi connectivity index (χ1v) is 11.2. The third kappa shape index (κ3) is 8.16. The number of thiol groups is 2. The van der Waals surface area contributed by atoms with E-state index < -0.39 is 0 Å². The van der Waals surface area contributed by atoms with Gasteiger partial charge in [0.1, 0.15) is 0 Å². The third-order valence-corrected chi connectivity index (χ3v) is 7.76. The summed E-state index contributed by atoms with van der Waals surface area (Å²) >= 11 is 8.62. The van der Waals surface area contributed by atoms with Crippen LogP contribution in [0.15, 0.2) is 34.1 Å². The van der Waals surface area contributed by atoms with Crippen LogP contribution in [0.25, 0.3) is 0 Å². The molecule has 0 amide bonds. The lowest BCUT2D eigenvalue weighted by molar-refractivity contribution is 1.13. The lowest BCUT2D eigenvalue weighted by Crippen LogP contribution is -1.81. The van der Waals surface area contributed by atoms with Gasteiger partial charge in [0.2, 0.25) is 0 Å². The number of hydrogen-bond donors (Lipinski definition) is 2. The zero-order chi connectivity index (χ0) is 12.3. The van der Waals surface area contributed by atoms with Gasteiger partial charge in [0.05, 0.1) is 0 Å². The highest BCUT2D eigenvalue weighted by Crippen LogP contribution is 2.36. The fourth-order valence-electron chi connectivity index (χ4n) is 0.942. The molecule has 0 saturated heterocycles. The highest BCUT2D eigenvalue weighted by atomic mass is 33.1. The Morgan fingerprint density at radius 1 is 0.941 bits per heavy atom. The summed E-state index contributed by atoms with van der Waals surface area (Å²) in [4.78, 5) is 2.33. The Kier molecular flexibility index (Phi) is 10.8. The van der Waals surface area contributed by atoms with Crippen molar-refractivity contribution in [2.45, 2.75) is 16.2 Å². The standard InChI is InChI=1S/C11H16S6/c12-6-3-7-14-15-8-9-16-17-11-5-2-1-4-10(11)13/h1-2,4-5,12-13H,3,6-9H2. The Morgan fingerprint density at radius 3 is 2.41 bits per heavy atom. The smallest absolute Gasteiger partial charge is 0.0316 e. The molecule has 0 spiro atoms. The molecule has 1 aromatic carbocycles. The second-order valence-electron chi connectivity index (χ2n) is 3.09. The van der Waals surface area contributed by atoms with Crippen LogP contribution in [0.5, 0.6) is 0 Å². The summed E-state index contributed by atoms with van der Waals surface area (Å²) in [6, 6.07) is 8.23. The average Bonchev–Trinajstić information content (AvgIpc) is 2.35. The maximum absolute atomic E-state index is 4.43. The zero-order valence-corrected chi connectivity index (χ0v) is 14.4. The molecule has 0 aliphatic heterocycles. The summed E-state index contributed by atoms with van der Waals surface area (Å²) in [6.45, 7) is 0. The molecule has 0 saturated carbocycles. The van der Waals surface area contributed by atoms with Crippen LogP contribution in [0.2, 0.25) is 0 Å². The molecule has 0 unspecified atom stereocenters. The minimum atomic E-state index is 0.997. The van der Waals surface area contributed by atoms with Crippen molar-refractivity contribution in [3.05, 3.63) is 24.3 Å². The Balaban J connectivity index is 1.99. The maximum Gasteiger partial charge on any atom is 0.0316 e. The van der Waals surface area contributed by atoms with Crippen molar-refractivity contribution in [2.24, 2.45) is 0 Å². The summed E-state index contributed by atoms with van der Waals surface area (Å²) in [5.41, 5.74) is 0. The van der Waals surface area contributed by atoms with E-state index in [1.54, 1.807) is 0 Å². The minimum Gasteiger partial charge on any atom is -0.179 e. The average molecular weight is 341 g/mol. The number of rotatable bonds is 9. The molecule has 17 heavy (non-hydrogen) atoms. The first kappa shape index (κ1) is 16.4. The highest BCUT2D eigenvalue weighted by molar-refractivity contribution is 8.78. The van der Waals surface area contributed by atoms with Crippen LogP contribution in [-0.4, -0.2) is 23.0 Å². The summed E-state index contributed by atoms with van der Waals surface area (Å²) < 4.78 is 0. The fourth-order valence-corrected chi connectivity index (χ4v) is 6.69. The molecule has 0 aliphatic rings. The molecule has 0 nitrogen and oxygen atoms in total. The Labute approximate surface area is 131 Å². The molecule has 0 fully saturated rings. The van der Waals surface area contributed by atoms with Gasteiger partial charge in [-0.3, -0.25) is 0 Å². The van der Waals surface area contributed by atoms with Gasteiger partial charge in [0, 0.05) is 27.0 Å². The van der Waals surface area contributed by atoms with Crippen LogP contribution in [0.4, 0.5) is 0 Å². The van der Waals surface area contributed by atoms with E-state index in [4.69, 9.17) is 0 Å². The maximum atomic E-state index is 4.43. The second-order valence-corrected chi connectivity index (χ2v) is 9.18. The first-order valence-electron chi connectivity index (χ1n) is 5.27. The second kappa shape index (κ2) is 11.2. The monoisotopic (exact) mass is 340 g/mol. The van der Waals surface area contributed by atoms with E-state index in [2.05, 4.69) is 37.4 Å². The molecular weight excluding hydrogens is 325 g/mol. The molecule has 1 aromatic rings. The van der Waals surface area contributed by atoms with Crippen molar-refractivity contribution in [1.82, 2.24) is 0 Å². The van der Waals surface area contributed by atoms with Gasteiger partial charge in [-0.15, -0.1) is 12.6 Å². The predicted molar refractivity (Wildman–Crippen MR) is 95.4 cm³/mol. The van der Waals surface area contributed by atoms with Crippen LogP contribution in [0.3, 0.4) is 0 Å². The number of benzene rings is 1. The Morgan fingerprint density at radius 2 is 1.65 bits per heavy atom. The summed E-state index contributed by atoms with van der Waals surface area (Å²) in [6.07, 6.45) is 1.20. The summed E-state index contributed by atoms with van der Waals surface area (Å²) in [5.74, 6) is 4.58. The predicted octanol–water partition coefficient (Wildman–Crippen LogP) is 5.42. The van der Waals surface area contributed by atoms with Crippen LogP contribution in [0.1, 0.15) is 6.42 Å². The molecule has 0 radical (unpaired) electrons. The number of hydrogen-bond acceptors (Lipinski definition) is 6. The Bertz CT molecular complexity index is 304. The van der Waals surface area contributed by atoms with Gasteiger partial charge in [-0.2, -0.15) is 12.6 Å². The molecular formula is C11H16S6. The van der Waals surface area contributed by atoms with Crippen molar-refractivity contribution in [1.29, 1.82) is 0 Å². The van der Waals surface area contributed by atoms with Gasteiger partial charge in [-0.25, -0.2) is 0 Å². The lowest BCUT2D eigenvalue weighted by Gasteiger charge is -2.03. The first-order chi connectivity index (χ1) is 8.34. The van der Waals surface area contributed by atoms with E-state index in [0.717, 1.165) is 10.6 Å². The molecule has 0 N–H and O–H groups in total. The van der Waals surface area contributed by atoms with E-state index in [1.807, 2.05) is 55.3 Å². The fraction of sp³-hybridized carbons (Fsp3) is 0.455. The quantitative estimate of drug-likeness (QED) is 0.350. The van der Waals surface area contributed by atoms with Gasteiger partial charge in [0.15, 0.2) is 0 Å². The van der Waals surface area contributed by atoms with Crippen LogP contribution < -0.4 is 0 Å². The van der Waals surface area contributed by atoms with Gasteiger partial charge in [-0.1, -0.05) is 55.3 Å². The van der Waals surface area contributed by atoms with E-state index in [-0.39, 0.29) is 0 Å². The van der Waals surface area contributed by atoms with Crippen molar-refractivity contribution in [2.75, 3.05) is 23.0 Å². The molecule has 0 bridgehead atoms. The van der Waals surface area contributed by atoms with E-state index >= 15 is 0 Å². The molecule has 1 rings (SSSR count). The van der Waals surface area contributed by atoms with Crippen molar-refractivity contribution in [3.63, 3.8) is 0 Å². The molecule has 0 atom stereocenters. The van der Waals surface area contributed by atoms with Crippen molar-refractivity contribution in [3.8, 4) is 0 Å². The summed E-state index contributed by atoms with van der Waals surface area (Å²) in [7, 11) is 7.64. The zero-order valence-electron chi connectivity index (χ0n) is 9.37. The van der Waals surface area contributed by atoms with Gasteiger partial charge < -0.3 is 0 Å². The molecule has 0 heterocycles. The molecule has 0 aliphatic carbocycles. The third-order valence-electron chi connectivity index (χ3n) is 1.73. The molecule has 0 aromatic heterocycles. The SMILES string of the molecule is SCCCSSCCSSc1ccccc1S. The van der Waals surface area contributed by atoms with Crippen LogP contribution in [0, 0.1) is 0 Å². The topological polar surface area (TPSA) is 0 Å². The molecule has 96 valence electrons. The lowest BCUT2D eigenvalue weighted by atomic mass is 10.4. The Hall–Kier alpha value is 1.32. The van der Waals surface area contributed by atoms with Gasteiger partial charge in [0.25, 0.3) is 0 Å². The highest BCUT2D eigenvalue weighted by Gasteiger charge is 1.99. The van der Waals surface area contributed by atoms with Crippen molar-refractivity contribution >= 4 is 68.4 Å². The molecule has 6 heteroatoms. The van der Waals surface area contributed by atoms with Gasteiger partial charge >= 0.3 is 0 Å². The van der Waals surface area contributed by atoms with Crippen molar-refractivity contribution < 1.29 is 0 Å². The van der Waals surface area contributed by atoms with E-state index in [1.165, 1.54) is 28.6 Å². The largest absolute Gasteiger partial charge is 0.179 e. The van der Waals surface area contributed by atoms with E-state index in [0.29, 0.717) is 0 Å².